The predicted octanol–water partition coefficient (Wildman–Crippen LogP) is 3.22. The summed E-state index contributed by atoms with van der Waals surface area (Å²) in [5.74, 6) is -0.0878. The van der Waals surface area contributed by atoms with Gasteiger partial charge in [-0.3, -0.25) is 14.5 Å². The molecule has 1 aromatic carbocycles. The number of ether oxygens (including phenoxy) is 1. The molecule has 1 saturated carbocycles. The number of amides is 3. The van der Waals surface area contributed by atoms with Crippen LogP contribution in [0.5, 0.6) is 0 Å². The van der Waals surface area contributed by atoms with E-state index in [1.165, 1.54) is 4.90 Å². The first-order valence-corrected chi connectivity index (χ1v) is 9.00. The van der Waals surface area contributed by atoms with Crippen molar-refractivity contribution in [2.45, 2.75) is 52.2 Å². The molecule has 2 atom stereocenters. The van der Waals surface area contributed by atoms with Crippen molar-refractivity contribution in [1.29, 1.82) is 0 Å². The van der Waals surface area contributed by atoms with Gasteiger partial charge in [0.1, 0.15) is 5.60 Å². The van der Waals surface area contributed by atoms with Gasteiger partial charge in [0, 0.05) is 0 Å². The molecule has 1 fully saturated rings. The van der Waals surface area contributed by atoms with Crippen molar-refractivity contribution in [3.63, 3.8) is 0 Å². The maximum absolute atomic E-state index is 12.7. The Bertz CT molecular complexity index is 730. The fraction of sp³-hybridized carbons (Fsp3) is 0.550. The van der Waals surface area contributed by atoms with Crippen LogP contribution in [0.4, 0.5) is 4.79 Å². The fourth-order valence-electron chi connectivity index (χ4n) is 3.74. The molecule has 6 nitrogen and oxygen atoms in total. The third kappa shape index (κ3) is 3.32. The van der Waals surface area contributed by atoms with Gasteiger partial charge in [-0.2, -0.15) is 0 Å². The van der Waals surface area contributed by atoms with Gasteiger partial charge in [0.2, 0.25) is 0 Å². The normalized spacial score (nSPS) is 24.7. The number of benzene rings is 1. The molecule has 1 N–H and O–H groups in total. The topological polar surface area (TPSA) is 75.7 Å². The summed E-state index contributed by atoms with van der Waals surface area (Å²) in [6.45, 7) is 9.72. The Hall–Kier alpha value is -2.37. The number of carbonyl (C=O) groups excluding carboxylic acids is 3. The average Bonchev–Trinajstić information content (AvgIpc) is 3.18. The summed E-state index contributed by atoms with van der Waals surface area (Å²) in [5, 5.41) is 2.94. The van der Waals surface area contributed by atoms with Crippen LogP contribution >= 0.6 is 0 Å². The lowest BCUT2D eigenvalue weighted by Crippen LogP contribution is -2.50. The molecule has 3 rings (SSSR count). The summed E-state index contributed by atoms with van der Waals surface area (Å²) in [5.41, 5.74) is -0.384. The standard InChI is InChI=1S/C20H26N2O4/c1-12(2)15-10-20(15,21-18(25)26-19(3,4)5)11-22-16(23)13-8-6-7-9-14(13)17(22)24/h6-9,12,15H,10-11H2,1-5H3,(H,21,25)/t15?,20-/m1/s1. The van der Waals surface area contributed by atoms with Crippen molar-refractivity contribution in [3.05, 3.63) is 35.4 Å². The van der Waals surface area contributed by atoms with Crippen LogP contribution in [0, 0.1) is 11.8 Å². The molecule has 0 saturated heterocycles. The van der Waals surface area contributed by atoms with Crippen molar-refractivity contribution in [1.82, 2.24) is 10.2 Å². The van der Waals surface area contributed by atoms with Gasteiger partial charge in [0.15, 0.2) is 0 Å². The zero-order valence-electron chi connectivity index (χ0n) is 16.0. The molecule has 3 amide bonds. The Labute approximate surface area is 153 Å². The van der Waals surface area contributed by atoms with Crippen LogP contribution in [0.3, 0.4) is 0 Å². The van der Waals surface area contributed by atoms with Crippen LogP contribution in [0.15, 0.2) is 24.3 Å². The third-order valence-electron chi connectivity index (χ3n) is 5.01. The van der Waals surface area contributed by atoms with E-state index in [0.717, 1.165) is 6.42 Å². The average molecular weight is 358 g/mol. The highest BCUT2D eigenvalue weighted by molar-refractivity contribution is 6.21. The SMILES string of the molecule is CC(C)C1C[C@]1(CN1C(=O)c2ccccc2C1=O)NC(=O)OC(C)(C)C. The molecular formula is C20H26N2O4. The van der Waals surface area contributed by atoms with Gasteiger partial charge < -0.3 is 10.1 Å². The smallest absolute Gasteiger partial charge is 0.408 e. The number of nitrogens with one attached hydrogen (secondary N) is 1. The minimum Gasteiger partial charge on any atom is -0.444 e. The highest BCUT2D eigenvalue weighted by atomic mass is 16.6. The highest BCUT2D eigenvalue weighted by Crippen LogP contribution is 2.49. The second-order valence-corrected chi connectivity index (χ2v) is 8.58. The molecule has 140 valence electrons. The lowest BCUT2D eigenvalue weighted by atomic mass is 10.0. The van der Waals surface area contributed by atoms with E-state index in [1.54, 1.807) is 45.0 Å². The summed E-state index contributed by atoms with van der Waals surface area (Å²) >= 11 is 0. The number of fused-ring (bicyclic) bond motifs is 1. The van der Waals surface area contributed by atoms with Gasteiger partial charge in [0.25, 0.3) is 11.8 Å². The van der Waals surface area contributed by atoms with Crippen LogP contribution in [0.2, 0.25) is 0 Å². The van der Waals surface area contributed by atoms with E-state index in [0.29, 0.717) is 17.0 Å². The molecule has 0 bridgehead atoms. The summed E-state index contributed by atoms with van der Waals surface area (Å²) in [7, 11) is 0. The Balaban J connectivity index is 1.80. The molecular weight excluding hydrogens is 332 g/mol. The van der Waals surface area contributed by atoms with Gasteiger partial charge >= 0.3 is 6.09 Å². The van der Waals surface area contributed by atoms with E-state index in [1.807, 2.05) is 0 Å². The second kappa shape index (κ2) is 6.11. The first-order chi connectivity index (χ1) is 12.0. The van der Waals surface area contributed by atoms with Crippen molar-refractivity contribution in [2.75, 3.05) is 6.54 Å². The monoisotopic (exact) mass is 358 g/mol. The molecule has 0 aromatic heterocycles. The van der Waals surface area contributed by atoms with Gasteiger partial charge in [-0.1, -0.05) is 26.0 Å². The number of imide groups is 1. The summed E-state index contributed by atoms with van der Waals surface area (Å²) in [6, 6.07) is 6.82. The molecule has 26 heavy (non-hydrogen) atoms. The van der Waals surface area contributed by atoms with E-state index in [4.69, 9.17) is 4.74 Å². The van der Waals surface area contributed by atoms with E-state index in [-0.39, 0.29) is 24.3 Å². The Kier molecular flexibility index (Phi) is 4.33. The molecule has 1 aliphatic carbocycles. The zero-order valence-corrected chi connectivity index (χ0v) is 16.0. The van der Waals surface area contributed by atoms with Crippen molar-refractivity contribution in [2.24, 2.45) is 11.8 Å². The van der Waals surface area contributed by atoms with E-state index in [9.17, 15) is 14.4 Å². The molecule has 0 radical (unpaired) electrons. The Morgan fingerprint density at radius 2 is 1.77 bits per heavy atom. The minimum absolute atomic E-state index is 0.168. The van der Waals surface area contributed by atoms with Crippen LogP contribution in [-0.4, -0.2) is 40.5 Å². The Morgan fingerprint density at radius 1 is 1.23 bits per heavy atom. The molecule has 2 aliphatic rings. The fourth-order valence-corrected chi connectivity index (χ4v) is 3.74. The highest BCUT2D eigenvalue weighted by Gasteiger charge is 2.59. The number of hydrogen-bond acceptors (Lipinski definition) is 4. The second-order valence-electron chi connectivity index (χ2n) is 8.58. The first kappa shape index (κ1) is 18.4. The van der Waals surface area contributed by atoms with Crippen LogP contribution in [0.25, 0.3) is 0 Å². The van der Waals surface area contributed by atoms with E-state index >= 15 is 0 Å². The molecule has 6 heteroatoms. The Morgan fingerprint density at radius 3 is 2.19 bits per heavy atom. The van der Waals surface area contributed by atoms with Crippen LogP contribution < -0.4 is 5.32 Å². The summed E-state index contributed by atoms with van der Waals surface area (Å²) in [6.07, 6.45) is 0.203. The van der Waals surface area contributed by atoms with E-state index < -0.39 is 17.2 Å². The zero-order chi connectivity index (χ0) is 19.3. The first-order valence-electron chi connectivity index (χ1n) is 9.00. The van der Waals surface area contributed by atoms with Gasteiger partial charge in [0.05, 0.1) is 23.2 Å². The van der Waals surface area contributed by atoms with E-state index in [2.05, 4.69) is 19.2 Å². The largest absolute Gasteiger partial charge is 0.444 e. The van der Waals surface area contributed by atoms with Crippen molar-refractivity contribution in [3.8, 4) is 0 Å². The number of carbonyl (C=O) groups is 3. The number of hydrogen-bond donors (Lipinski definition) is 1. The van der Waals surface area contributed by atoms with Crippen LogP contribution in [-0.2, 0) is 4.74 Å². The number of nitrogens with zero attached hydrogens (tertiary/aromatic N) is 1. The third-order valence-corrected chi connectivity index (χ3v) is 5.01. The molecule has 1 aromatic rings. The molecule has 1 aliphatic heterocycles. The molecule has 1 unspecified atom stereocenters. The lowest BCUT2D eigenvalue weighted by molar-refractivity contribution is 0.0444. The minimum atomic E-state index is -0.621. The molecule has 1 heterocycles. The maximum Gasteiger partial charge on any atom is 0.408 e. The number of alkyl carbamates (subject to hydrolysis) is 1. The lowest BCUT2D eigenvalue weighted by Gasteiger charge is -2.27. The molecule has 0 spiro atoms. The van der Waals surface area contributed by atoms with Gasteiger partial charge in [-0.15, -0.1) is 0 Å². The van der Waals surface area contributed by atoms with Crippen LogP contribution in [0.1, 0.15) is 61.8 Å². The van der Waals surface area contributed by atoms with Crippen molar-refractivity contribution >= 4 is 17.9 Å². The number of rotatable bonds is 4. The quantitative estimate of drug-likeness (QED) is 0.839. The van der Waals surface area contributed by atoms with Crippen molar-refractivity contribution < 1.29 is 19.1 Å². The van der Waals surface area contributed by atoms with Gasteiger partial charge in [-0.25, -0.2) is 4.79 Å². The maximum atomic E-state index is 12.7. The van der Waals surface area contributed by atoms with Gasteiger partial charge in [-0.05, 0) is 51.2 Å². The predicted molar refractivity (Wildman–Crippen MR) is 96.9 cm³/mol. The summed E-state index contributed by atoms with van der Waals surface area (Å²) < 4.78 is 5.38. The summed E-state index contributed by atoms with van der Waals surface area (Å²) in [4.78, 5) is 38.9.